The molecule has 0 saturated carbocycles. The maximum Gasteiger partial charge on any atom is 0.251 e. The number of allylic oxidation sites excluding steroid dienone is 1. The van der Waals surface area contributed by atoms with Crippen LogP contribution in [0.3, 0.4) is 0 Å². The van der Waals surface area contributed by atoms with E-state index >= 15 is 0 Å². The number of aliphatic imine (C=N–C) groups is 1. The number of hydrogen-bond acceptors (Lipinski definition) is 6. The lowest BCUT2D eigenvalue weighted by atomic mass is 10.0. The van der Waals surface area contributed by atoms with E-state index in [-0.39, 0.29) is 5.91 Å². The first-order chi connectivity index (χ1) is 15.5. The van der Waals surface area contributed by atoms with Crippen LogP contribution in [0.25, 0.3) is 5.57 Å². The first-order valence-electron chi connectivity index (χ1n) is 10.4. The minimum absolute atomic E-state index is 0.169. The predicted molar refractivity (Wildman–Crippen MR) is 126 cm³/mol. The van der Waals surface area contributed by atoms with Gasteiger partial charge in [-0.3, -0.25) is 14.8 Å². The highest BCUT2D eigenvalue weighted by atomic mass is 16.5. The highest BCUT2D eigenvalue weighted by Gasteiger charge is 2.15. The van der Waals surface area contributed by atoms with Crippen molar-refractivity contribution in [3.05, 3.63) is 83.3 Å². The van der Waals surface area contributed by atoms with Crippen LogP contribution in [0, 0.1) is 12.8 Å². The summed E-state index contributed by atoms with van der Waals surface area (Å²) in [6.45, 7) is 5.16. The molecule has 1 unspecified atom stereocenters. The van der Waals surface area contributed by atoms with Gasteiger partial charge in [-0.05, 0) is 42.7 Å². The third kappa shape index (κ3) is 5.00. The van der Waals surface area contributed by atoms with Crippen LogP contribution in [0.1, 0.15) is 34.1 Å². The molecule has 3 N–H and O–H groups in total. The van der Waals surface area contributed by atoms with Crippen LogP contribution >= 0.6 is 0 Å². The zero-order valence-electron chi connectivity index (χ0n) is 18.1. The van der Waals surface area contributed by atoms with Gasteiger partial charge >= 0.3 is 0 Å². The average Bonchev–Trinajstić information content (AvgIpc) is 2.79. The number of nitrogens with two attached hydrogens (primary N) is 1. The van der Waals surface area contributed by atoms with Gasteiger partial charge in [-0.25, -0.2) is 4.98 Å². The van der Waals surface area contributed by atoms with Gasteiger partial charge in [-0.1, -0.05) is 19.1 Å². The summed E-state index contributed by atoms with van der Waals surface area (Å²) in [5, 5.41) is 2.94. The number of amides is 1. The fourth-order valence-electron chi connectivity index (χ4n) is 3.48. The maximum absolute atomic E-state index is 12.8. The molecular weight excluding hydrogens is 402 g/mol. The van der Waals surface area contributed by atoms with Crippen molar-refractivity contribution in [2.24, 2.45) is 10.9 Å². The van der Waals surface area contributed by atoms with E-state index in [1.165, 1.54) is 0 Å². The summed E-state index contributed by atoms with van der Waals surface area (Å²) in [4.78, 5) is 25.5. The van der Waals surface area contributed by atoms with Gasteiger partial charge in [0, 0.05) is 60.5 Å². The SMILES string of the molecule is Cc1c(Oc2cc(N)nc(C3=CC(C)CN=C3)c2)cccc1C(=O)NCc1ccncc1. The monoisotopic (exact) mass is 427 g/mol. The zero-order valence-corrected chi connectivity index (χ0v) is 18.1. The largest absolute Gasteiger partial charge is 0.457 e. The molecule has 0 aliphatic carbocycles. The molecule has 1 amide bonds. The normalized spacial score (nSPS) is 15.2. The van der Waals surface area contributed by atoms with E-state index in [4.69, 9.17) is 10.5 Å². The number of nitrogen functional groups attached to an aromatic ring is 1. The summed E-state index contributed by atoms with van der Waals surface area (Å²) < 4.78 is 6.12. The highest BCUT2D eigenvalue weighted by molar-refractivity contribution is 6.09. The first-order valence-corrected chi connectivity index (χ1v) is 10.4. The molecule has 3 heterocycles. The number of pyridine rings is 2. The average molecular weight is 428 g/mol. The van der Waals surface area contributed by atoms with Gasteiger partial charge in [0.1, 0.15) is 17.3 Å². The standard InChI is InChI=1S/C25H25N5O2/c1-16-10-19(15-28-13-16)22-11-20(12-24(26)30-22)32-23-5-3-4-21(17(23)2)25(31)29-14-18-6-8-27-9-7-18/h3-12,15-16H,13-14H2,1-2H3,(H2,26,30)(H,29,31). The Morgan fingerprint density at radius 1 is 1.22 bits per heavy atom. The minimum Gasteiger partial charge on any atom is -0.457 e. The molecule has 0 saturated heterocycles. The fourth-order valence-corrected chi connectivity index (χ4v) is 3.48. The van der Waals surface area contributed by atoms with Gasteiger partial charge in [0.05, 0.1) is 5.69 Å². The summed E-state index contributed by atoms with van der Waals surface area (Å²) >= 11 is 0. The Bertz CT molecular complexity index is 1190. The van der Waals surface area contributed by atoms with Crippen molar-refractivity contribution in [2.45, 2.75) is 20.4 Å². The van der Waals surface area contributed by atoms with E-state index in [0.29, 0.717) is 41.0 Å². The number of dihydropyridines is 1. The third-order valence-electron chi connectivity index (χ3n) is 5.16. The fraction of sp³-hybridized carbons (Fsp3) is 0.200. The van der Waals surface area contributed by atoms with Crippen LogP contribution < -0.4 is 15.8 Å². The molecule has 0 fully saturated rings. The molecule has 1 aliphatic rings. The van der Waals surface area contributed by atoms with Crippen molar-refractivity contribution in [3.63, 3.8) is 0 Å². The lowest BCUT2D eigenvalue weighted by Gasteiger charge is -2.15. The number of aromatic nitrogens is 2. The van der Waals surface area contributed by atoms with E-state index in [9.17, 15) is 4.79 Å². The first kappa shape index (κ1) is 21.2. The maximum atomic E-state index is 12.8. The molecule has 1 aromatic carbocycles. The number of hydrogen-bond donors (Lipinski definition) is 2. The molecule has 0 spiro atoms. The van der Waals surface area contributed by atoms with E-state index in [1.807, 2.05) is 37.4 Å². The zero-order chi connectivity index (χ0) is 22.5. The topological polar surface area (TPSA) is 102 Å². The van der Waals surface area contributed by atoms with Crippen LogP contribution in [0.2, 0.25) is 0 Å². The Hall–Kier alpha value is -4.00. The van der Waals surface area contributed by atoms with Crippen LogP contribution in [0.5, 0.6) is 11.5 Å². The number of anilines is 1. The number of nitrogens with one attached hydrogen (secondary N) is 1. The second-order valence-corrected chi connectivity index (χ2v) is 7.78. The lowest BCUT2D eigenvalue weighted by molar-refractivity contribution is 0.0950. The molecule has 0 bridgehead atoms. The Morgan fingerprint density at radius 3 is 2.81 bits per heavy atom. The minimum atomic E-state index is -0.169. The third-order valence-corrected chi connectivity index (χ3v) is 5.16. The van der Waals surface area contributed by atoms with Gasteiger partial charge < -0.3 is 15.8 Å². The molecule has 0 radical (unpaired) electrons. The van der Waals surface area contributed by atoms with E-state index in [0.717, 1.165) is 23.2 Å². The second-order valence-electron chi connectivity index (χ2n) is 7.78. The molecule has 32 heavy (non-hydrogen) atoms. The van der Waals surface area contributed by atoms with E-state index in [1.54, 1.807) is 30.6 Å². The van der Waals surface area contributed by atoms with Crippen LogP contribution in [-0.4, -0.2) is 28.6 Å². The smallest absolute Gasteiger partial charge is 0.251 e. The second kappa shape index (κ2) is 9.43. The number of ether oxygens (including phenoxy) is 1. The number of carbonyl (C=O) groups excluding carboxylic acids is 1. The van der Waals surface area contributed by atoms with Gasteiger partial charge in [0.2, 0.25) is 0 Å². The van der Waals surface area contributed by atoms with Crippen molar-refractivity contribution in [2.75, 3.05) is 12.3 Å². The molecular formula is C25H25N5O2. The van der Waals surface area contributed by atoms with Gasteiger partial charge in [0.25, 0.3) is 5.91 Å². The summed E-state index contributed by atoms with van der Waals surface area (Å²) in [5.41, 5.74) is 9.93. The Kier molecular flexibility index (Phi) is 6.26. The predicted octanol–water partition coefficient (Wildman–Crippen LogP) is 4.19. The molecule has 1 aliphatic heterocycles. The van der Waals surface area contributed by atoms with Crippen molar-refractivity contribution >= 4 is 23.5 Å². The van der Waals surface area contributed by atoms with E-state index < -0.39 is 0 Å². The molecule has 4 rings (SSSR count). The van der Waals surface area contributed by atoms with Crippen LogP contribution in [-0.2, 0) is 6.54 Å². The van der Waals surface area contributed by atoms with Gasteiger partial charge in [0.15, 0.2) is 0 Å². The van der Waals surface area contributed by atoms with Gasteiger partial charge in [-0.2, -0.15) is 0 Å². The van der Waals surface area contributed by atoms with Crippen LogP contribution in [0.4, 0.5) is 5.82 Å². The van der Waals surface area contributed by atoms with Crippen molar-refractivity contribution in [3.8, 4) is 11.5 Å². The van der Waals surface area contributed by atoms with Gasteiger partial charge in [-0.15, -0.1) is 0 Å². The van der Waals surface area contributed by atoms with Crippen molar-refractivity contribution in [1.29, 1.82) is 0 Å². The molecule has 2 aromatic heterocycles. The number of carbonyl (C=O) groups is 1. The summed E-state index contributed by atoms with van der Waals surface area (Å²) in [6, 6.07) is 12.6. The van der Waals surface area contributed by atoms with E-state index in [2.05, 4.69) is 33.3 Å². The highest BCUT2D eigenvalue weighted by Crippen LogP contribution is 2.30. The molecule has 7 heteroatoms. The Morgan fingerprint density at radius 2 is 2.03 bits per heavy atom. The molecule has 7 nitrogen and oxygen atoms in total. The Balaban J connectivity index is 1.54. The van der Waals surface area contributed by atoms with Crippen LogP contribution in [0.15, 0.2) is 65.9 Å². The molecule has 3 aromatic rings. The number of nitrogens with zero attached hydrogens (tertiary/aromatic N) is 3. The Labute approximate surface area is 187 Å². The molecule has 162 valence electrons. The van der Waals surface area contributed by atoms with Crippen molar-refractivity contribution in [1.82, 2.24) is 15.3 Å². The summed E-state index contributed by atoms with van der Waals surface area (Å²) in [6.07, 6.45) is 7.33. The summed E-state index contributed by atoms with van der Waals surface area (Å²) in [5.74, 6) is 1.66. The number of rotatable bonds is 6. The number of benzene rings is 1. The lowest BCUT2D eigenvalue weighted by Crippen LogP contribution is -2.23. The van der Waals surface area contributed by atoms with Crippen molar-refractivity contribution < 1.29 is 9.53 Å². The molecule has 1 atom stereocenters. The summed E-state index contributed by atoms with van der Waals surface area (Å²) in [7, 11) is 0. The quantitative estimate of drug-likeness (QED) is 0.614.